The first-order chi connectivity index (χ1) is 9.82. The Kier molecular flexibility index (Phi) is 5.11. The summed E-state index contributed by atoms with van der Waals surface area (Å²) in [6, 6.07) is 3.66. The molecule has 1 aliphatic heterocycles. The molecule has 2 heterocycles. The molecule has 0 amide bonds. The van der Waals surface area contributed by atoms with Gasteiger partial charge in [0.2, 0.25) is 5.09 Å². The number of hydrogen-bond donors (Lipinski definition) is 1. The van der Waals surface area contributed by atoms with Crippen LogP contribution in [0.4, 0.5) is 0 Å². The second-order valence-corrected chi connectivity index (χ2v) is 8.05. The van der Waals surface area contributed by atoms with E-state index < -0.39 is 10.0 Å². The second-order valence-electron chi connectivity index (χ2n) is 6.23. The SMILES string of the molecule is CC(C)NCc1ccc(S(=O)(=O)N2CCCC(C)C2C)o1. The van der Waals surface area contributed by atoms with Crippen LogP contribution in [0.1, 0.15) is 46.3 Å². The van der Waals surface area contributed by atoms with Gasteiger partial charge in [-0.15, -0.1) is 0 Å². The van der Waals surface area contributed by atoms with Crippen molar-refractivity contribution in [1.82, 2.24) is 9.62 Å². The summed E-state index contributed by atoms with van der Waals surface area (Å²) in [5.41, 5.74) is 0. The van der Waals surface area contributed by atoms with Crippen LogP contribution in [0.15, 0.2) is 21.6 Å². The zero-order valence-corrected chi connectivity index (χ0v) is 14.1. The van der Waals surface area contributed by atoms with Crippen LogP contribution in [0, 0.1) is 5.92 Å². The lowest BCUT2D eigenvalue weighted by molar-refractivity contribution is 0.198. The molecule has 1 N–H and O–H groups in total. The minimum Gasteiger partial charge on any atom is -0.447 e. The maximum atomic E-state index is 12.7. The predicted molar refractivity (Wildman–Crippen MR) is 82.4 cm³/mol. The highest BCUT2D eigenvalue weighted by molar-refractivity contribution is 7.89. The highest BCUT2D eigenvalue weighted by Gasteiger charge is 2.36. The van der Waals surface area contributed by atoms with Gasteiger partial charge in [0.25, 0.3) is 10.0 Å². The minimum absolute atomic E-state index is 0.0195. The Bertz CT molecular complexity index is 565. The molecule has 0 spiro atoms. The summed E-state index contributed by atoms with van der Waals surface area (Å²) >= 11 is 0. The van der Waals surface area contributed by atoms with Crippen LogP contribution >= 0.6 is 0 Å². The fourth-order valence-electron chi connectivity index (χ4n) is 2.65. The van der Waals surface area contributed by atoms with Crippen LogP contribution in [0.5, 0.6) is 0 Å². The van der Waals surface area contributed by atoms with Gasteiger partial charge in [-0.1, -0.05) is 20.8 Å². The average molecular weight is 314 g/mol. The van der Waals surface area contributed by atoms with E-state index in [0.717, 1.165) is 12.8 Å². The molecule has 21 heavy (non-hydrogen) atoms. The highest BCUT2D eigenvalue weighted by atomic mass is 32.2. The van der Waals surface area contributed by atoms with Crippen molar-refractivity contribution in [2.75, 3.05) is 6.54 Å². The van der Waals surface area contributed by atoms with Crippen LogP contribution in [-0.2, 0) is 16.6 Å². The third kappa shape index (κ3) is 3.67. The summed E-state index contributed by atoms with van der Waals surface area (Å²) in [4.78, 5) is 0. The third-order valence-electron chi connectivity index (χ3n) is 4.20. The standard InChI is InChI=1S/C15H26N2O3S/c1-11(2)16-10-14-7-8-15(20-14)21(18,19)17-9-5-6-12(3)13(17)4/h7-8,11-13,16H,5-6,9-10H2,1-4H3. The highest BCUT2D eigenvalue weighted by Crippen LogP contribution is 2.29. The number of furan rings is 1. The Morgan fingerprint density at radius 3 is 2.76 bits per heavy atom. The number of sulfonamides is 1. The van der Waals surface area contributed by atoms with Gasteiger partial charge in [-0.05, 0) is 37.8 Å². The lowest BCUT2D eigenvalue weighted by atomic mass is 9.94. The zero-order valence-electron chi connectivity index (χ0n) is 13.3. The van der Waals surface area contributed by atoms with Gasteiger partial charge in [-0.2, -0.15) is 4.31 Å². The molecule has 1 aliphatic rings. The summed E-state index contributed by atoms with van der Waals surface area (Å²) in [6.45, 7) is 9.28. The molecule has 1 fully saturated rings. The van der Waals surface area contributed by atoms with Gasteiger partial charge in [-0.3, -0.25) is 0 Å². The van der Waals surface area contributed by atoms with E-state index >= 15 is 0 Å². The Hall–Kier alpha value is -0.850. The van der Waals surface area contributed by atoms with E-state index in [1.807, 2.05) is 20.8 Å². The van der Waals surface area contributed by atoms with E-state index in [-0.39, 0.29) is 11.1 Å². The monoisotopic (exact) mass is 314 g/mol. The molecule has 2 rings (SSSR count). The lowest BCUT2D eigenvalue weighted by Gasteiger charge is -2.36. The first kappa shape index (κ1) is 16.5. The Morgan fingerprint density at radius 1 is 1.38 bits per heavy atom. The van der Waals surface area contributed by atoms with Crippen LogP contribution < -0.4 is 5.32 Å². The van der Waals surface area contributed by atoms with Gasteiger partial charge in [-0.25, -0.2) is 8.42 Å². The summed E-state index contributed by atoms with van der Waals surface area (Å²) in [5, 5.41) is 3.28. The molecule has 0 aromatic carbocycles. The number of piperidine rings is 1. The van der Waals surface area contributed by atoms with Gasteiger partial charge < -0.3 is 9.73 Å². The first-order valence-electron chi connectivity index (χ1n) is 7.66. The van der Waals surface area contributed by atoms with E-state index in [2.05, 4.69) is 12.2 Å². The molecule has 0 aliphatic carbocycles. The van der Waals surface area contributed by atoms with Gasteiger partial charge in [0.15, 0.2) is 0 Å². The molecular weight excluding hydrogens is 288 g/mol. The van der Waals surface area contributed by atoms with E-state index in [9.17, 15) is 8.42 Å². The van der Waals surface area contributed by atoms with Gasteiger partial charge in [0.05, 0.1) is 6.54 Å². The molecule has 2 unspecified atom stereocenters. The molecule has 2 atom stereocenters. The molecule has 120 valence electrons. The number of nitrogens with zero attached hydrogens (tertiary/aromatic N) is 1. The largest absolute Gasteiger partial charge is 0.447 e. The van der Waals surface area contributed by atoms with Crippen molar-refractivity contribution in [1.29, 1.82) is 0 Å². The molecular formula is C15H26N2O3S. The van der Waals surface area contributed by atoms with Crippen molar-refractivity contribution < 1.29 is 12.8 Å². The molecule has 1 saturated heterocycles. The Balaban J connectivity index is 2.16. The van der Waals surface area contributed by atoms with E-state index in [4.69, 9.17) is 4.42 Å². The predicted octanol–water partition coefficient (Wildman–Crippen LogP) is 2.59. The van der Waals surface area contributed by atoms with Crippen LogP contribution in [0.25, 0.3) is 0 Å². The first-order valence-corrected chi connectivity index (χ1v) is 9.10. The number of rotatable bonds is 5. The summed E-state index contributed by atoms with van der Waals surface area (Å²) in [7, 11) is -3.52. The molecule has 0 saturated carbocycles. The van der Waals surface area contributed by atoms with Crippen LogP contribution in [0.3, 0.4) is 0 Å². The van der Waals surface area contributed by atoms with Crippen LogP contribution in [-0.4, -0.2) is 31.4 Å². The second kappa shape index (κ2) is 6.50. The normalized spacial score (nSPS) is 24.6. The van der Waals surface area contributed by atoms with Gasteiger partial charge in [0, 0.05) is 18.6 Å². The average Bonchev–Trinajstić information content (AvgIpc) is 2.89. The fourth-order valence-corrected chi connectivity index (χ4v) is 4.35. The summed E-state index contributed by atoms with van der Waals surface area (Å²) < 4.78 is 32.5. The van der Waals surface area contributed by atoms with Gasteiger partial charge in [0.1, 0.15) is 5.76 Å². The molecule has 0 bridgehead atoms. The Labute approximate surface area is 127 Å². The summed E-state index contributed by atoms with van der Waals surface area (Å²) in [5.74, 6) is 1.03. The van der Waals surface area contributed by atoms with Crippen molar-refractivity contribution in [3.8, 4) is 0 Å². The molecule has 5 nitrogen and oxygen atoms in total. The van der Waals surface area contributed by atoms with E-state index in [1.54, 1.807) is 16.4 Å². The maximum absolute atomic E-state index is 12.7. The van der Waals surface area contributed by atoms with Gasteiger partial charge >= 0.3 is 0 Å². The zero-order chi connectivity index (χ0) is 15.6. The van der Waals surface area contributed by atoms with Crippen molar-refractivity contribution in [3.05, 3.63) is 17.9 Å². The molecule has 6 heteroatoms. The minimum atomic E-state index is -3.52. The van der Waals surface area contributed by atoms with Crippen molar-refractivity contribution in [2.45, 2.75) is 64.3 Å². The number of hydrogen-bond acceptors (Lipinski definition) is 4. The number of nitrogens with one attached hydrogen (secondary N) is 1. The fraction of sp³-hybridized carbons (Fsp3) is 0.733. The Morgan fingerprint density at radius 2 is 2.10 bits per heavy atom. The van der Waals surface area contributed by atoms with Crippen molar-refractivity contribution >= 4 is 10.0 Å². The smallest absolute Gasteiger partial charge is 0.276 e. The van der Waals surface area contributed by atoms with E-state index in [1.165, 1.54) is 0 Å². The topological polar surface area (TPSA) is 62.6 Å². The molecule has 1 aromatic heterocycles. The van der Waals surface area contributed by atoms with E-state index in [0.29, 0.717) is 30.8 Å². The maximum Gasteiger partial charge on any atom is 0.276 e. The third-order valence-corrected chi connectivity index (χ3v) is 6.06. The van der Waals surface area contributed by atoms with Crippen LogP contribution in [0.2, 0.25) is 0 Å². The molecule has 0 radical (unpaired) electrons. The summed E-state index contributed by atoms with van der Waals surface area (Å²) in [6.07, 6.45) is 1.99. The lowest BCUT2D eigenvalue weighted by Crippen LogP contribution is -2.45. The molecule has 1 aromatic rings. The van der Waals surface area contributed by atoms with Crippen molar-refractivity contribution in [3.63, 3.8) is 0 Å². The quantitative estimate of drug-likeness (QED) is 0.907. The van der Waals surface area contributed by atoms with Crippen molar-refractivity contribution in [2.24, 2.45) is 5.92 Å².